The molecule has 2 amide bonds. The minimum atomic E-state index is -4.97. The number of nitrogens with one attached hydrogen (secondary N) is 2. The van der Waals surface area contributed by atoms with Crippen molar-refractivity contribution >= 4 is 34.8 Å². The molecule has 0 aliphatic heterocycles. The zero-order valence-corrected chi connectivity index (χ0v) is 13.3. The average Bonchev–Trinajstić information content (AvgIpc) is 2.55. The van der Waals surface area contributed by atoms with Gasteiger partial charge in [-0.3, -0.25) is 9.59 Å². The fourth-order valence-electron chi connectivity index (χ4n) is 1.72. The van der Waals surface area contributed by atoms with Gasteiger partial charge in [0.1, 0.15) is 5.75 Å². The lowest BCUT2D eigenvalue weighted by Crippen LogP contribution is -2.29. The minimum absolute atomic E-state index is 0.0438. The molecule has 132 valence electrons. The SMILES string of the molecule is O=C(COc1ccc(Cl)cc1)Nc1ccc(NC(=O)C(F)(F)F)cc1. The first-order valence-electron chi connectivity index (χ1n) is 6.90. The molecule has 5 nitrogen and oxygen atoms in total. The predicted octanol–water partition coefficient (Wildman–Crippen LogP) is 3.86. The van der Waals surface area contributed by atoms with Crippen LogP contribution in [0.2, 0.25) is 5.02 Å². The van der Waals surface area contributed by atoms with Crippen molar-refractivity contribution in [1.29, 1.82) is 0 Å². The monoisotopic (exact) mass is 372 g/mol. The van der Waals surface area contributed by atoms with Crippen LogP contribution in [0.5, 0.6) is 5.75 Å². The summed E-state index contributed by atoms with van der Waals surface area (Å²) in [7, 11) is 0. The first kappa shape index (κ1) is 18.6. The number of amides is 2. The van der Waals surface area contributed by atoms with Crippen LogP contribution in [0.25, 0.3) is 0 Å². The molecule has 2 N–H and O–H groups in total. The topological polar surface area (TPSA) is 67.4 Å². The van der Waals surface area contributed by atoms with E-state index in [0.29, 0.717) is 16.5 Å². The molecule has 2 aromatic rings. The zero-order valence-electron chi connectivity index (χ0n) is 12.6. The summed E-state index contributed by atoms with van der Waals surface area (Å²) in [6.07, 6.45) is -4.97. The van der Waals surface area contributed by atoms with Crippen LogP contribution in [0.4, 0.5) is 24.5 Å². The number of carbonyl (C=O) groups is 2. The van der Waals surface area contributed by atoms with Crippen molar-refractivity contribution in [2.24, 2.45) is 0 Å². The summed E-state index contributed by atoms with van der Waals surface area (Å²) in [5, 5.41) is 4.75. The highest BCUT2D eigenvalue weighted by Crippen LogP contribution is 2.20. The van der Waals surface area contributed by atoms with Gasteiger partial charge in [0.15, 0.2) is 6.61 Å². The second-order valence-electron chi connectivity index (χ2n) is 4.82. The number of halogens is 4. The van der Waals surface area contributed by atoms with Gasteiger partial charge < -0.3 is 15.4 Å². The molecule has 0 atom stereocenters. The molecule has 2 rings (SSSR count). The van der Waals surface area contributed by atoms with E-state index in [2.05, 4.69) is 5.32 Å². The molecule has 0 saturated carbocycles. The van der Waals surface area contributed by atoms with Crippen molar-refractivity contribution in [2.75, 3.05) is 17.2 Å². The van der Waals surface area contributed by atoms with Gasteiger partial charge in [-0.05, 0) is 48.5 Å². The third-order valence-electron chi connectivity index (χ3n) is 2.87. The van der Waals surface area contributed by atoms with Crippen LogP contribution < -0.4 is 15.4 Å². The lowest BCUT2D eigenvalue weighted by Gasteiger charge is -2.10. The molecule has 0 heterocycles. The maximum atomic E-state index is 12.1. The van der Waals surface area contributed by atoms with E-state index in [-0.39, 0.29) is 12.3 Å². The fourth-order valence-corrected chi connectivity index (χ4v) is 1.84. The molecule has 0 bridgehead atoms. The number of anilines is 2. The largest absolute Gasteiger partial charge is 0.484 e. The van der Waals surface area contributed by atoms with Crippen molar-refractivity contribution < 1.29 is 27.5 Å². The molecule has 0 aliphatic carbocycles. The average molecular weight is 373 g/mol. The van der Waals surface area contributed by atoms with Gasteiger partial charge in [-0.1, -0.05) is 11.6 Å². The van der Waals surface area contributed by atoms with Gasteiger partial charge in [0.05, 0.1) is 0 Å². The van der Waals surface area contributed by atoms with E-state index in [1.165, 1.54) is 24.3 Å². The van der Waals surface area contributed by atoms with Gasteiger partial charge in [0.2, 0.25) is 0 Å². The number of ether oxygens (including phenoxy) is 1. The Labute approximate surface area is 145 Å². The Balaban J connectivity index is 1.84. The van der Waals surface area contributed by atoms with Crippen LogP contribution in [-0.4, -0.2) is 24.6 Å². The summed E-state index contributed by atoms with van der Waals surface area (Å²) >= 11 is 5.73. The van der Waals surface area contributed by atoms with Gasteiger partial charge in [0.25, 0.3) is 5.91 Å². The Hall–Kier alpha value is -2.74. The molecule has 0 spiro atoms. The quantitative estimate of drug-likeness (QED) is 0.837. The number of alkyl halides is 3. The molecule has 9 heteroatoms. The molecule has 0 aromatic heterocycles. The van der Waals surface area contributed by atoms with E-state index >= 15 is 0 Å². The Morgan fingerprint density at radius 2 is 1.44 bits per heavy atom. The van der Waals surface area contributed by atoms with Crippen LogP contribution in [0.1, 0.15) is 0 Å². The zero-order chi connectivity index (χ0) is 18.4. The first-order chi connectivity index (χ1) is 11.7. The highest BCUT2D eigenvalue weighted by atomic mass is 35.5. The molecular weight excluding hydrogens is 361 g/mol. The molecule has 25 heavy (non-hydrogen) atoms. The van der Waals surface area contributed by atoms with E-state index in [1.807, 2.05) is 0 Å². The number of benzene rings is 2. The molecule has 0 fully saturated rings. The van der Waals surface area contributed by atoms with Crippen molar-refractivity contribution in [2.45, 2.75) is 6.18 Å². The number of carbonyl (C=O) groups excluding carboxylic acids is 2. The fraction of sp³-hybridized carbons (Fsp3) is 0.125. The van der Waals surface area contributed by atoms with Crippen LogP contribution in [0.15, 0.2) is 48.5 Å². The lowest BCUT2D eigenvalue weighted by atomic mass is 10.2. The Morgan fingerprint density at radius 3 is 1.96 bits per heavy atom. The summed E-state index contributed by atoms with van der Waals surface area (Å²) in [6, 6.07) is 11.6. The molecule has 2 aromatic carbocycles. The van der Waals surface area contributed by atoms with Gasteiger partial charge >= 0.3 is 12.1 Å². The van der Waals surface area contributed by atoms with Crippen molar-refractivity contribution in [3.05, 3.63) is 53.6 Å². The van der Waals surface area contributed by atoms with Crippen LogP contribution >= 0.6 is 11.6 Å². The molecular formula is C16H12ClF3N2O3. The molecule has 0 aliphatic rings. The summed E-state index contributed by atoms with van der Waals surface area (Å²) in [5.74, 6) is -2.06. The summed E-state index contributed by atoms with van der Waals surface area (Å²) in [4.78, 5) is 22.6. The van der Waals surface area contributed by atoms with Crippen molar-refractivity contribution in [3.8, 4) is 5.75 Å². The number of rotatable bonds is 5. The summed E-state index contributed by atoms with van der Waals surface area (Å²) in [5.41, 5.74) is 0.299. The normalized spacial score (nSPS) is 10.9. The highest BCUT2D eigenvalue weighted by molar-refractivity contribution is 6.30. The van der Waals surface area contributed by atoms with E-state index < -0.39 is 18.0 Å². The van der Waals surface area contributed by atoms with E-state index in [0.717, 1.165) is 0 Å². The lowest BCUT2D eigenvalue weighted by molar-refractivity contribution is -0.167. The van der Waals surface area contributed by atoms with Gasteiger partial charge in [-0.2, -0.15) is 13.2 Å². The van der Waals surface area contributed by atoms with E-state index in [9.17, 15) is 22.8 Å². The van der Waals surface area contributed by atoms with E-state index in [1.54, 1.807) is 29.6 Å². The Bertz CT molecular complexity index is 747. The van der Waals surface area contributed by atoms with E-state index in [4.69, 9.17) is 16.3 Å². The summed E-state index contributed by atoms with van der Waals surface area (Å²) in [6.45, 7) is -0.256. The van der Waals surface area contributed by atoms with Crippen LogP contribution in [0, 0.1) is 0 Å². The number of hydrogen-bond donors (Lipinski definition) is 2. The maximum Gasteiger partial charge on any atom is 0.471 e. The predicted molar refractivity (Wildman–Crippen MR) is 86.7 cm³/mol. The van der Waals surface area contributed by atoms with Gasteiger partial charge in [0, 0.05) is 16.4 Å². The second-order valence-corrected chi connectivity index (χ2v) is 5.26. The highest BCUT2D eigenvalue weighted by Gasteiger charge is 2.38. The standard InChI is InChI=1S/C16H12ClF3N2O3/c17-10-1-7-13(8-2-10)25-9-14(23)21-11-3-5-12(6-4-11)22-15(24)16(18,19)20/h1-8H,9H2,(H,21,23)(H,22,24). The molecule has 0 radical (unpaired) electrons. The Morgan fingerprint density at radius 1 is 0.920 bits per heavy atom. The van der Waals surface area contributed by atoms with Crippen molar-refractivity contribution in [1.82, 2.24) is 0 Å². The molecule has 0 saturated heterocycles. The van der Waals surface area contributed by atoms with Gasteiger partial charge in [-0.25, -0.2) is 0 Å². The minimum Gasteiger partial charge on any atom is -0.484 e. The summed E-state index contributed by atoms with van der Waals surface area (Å²) < 4.78 is 41.7. The van der Waals surface area contributed by atoms with Crippen molar-refractivity contribution in [3.63, 3.8) is 0 Å². The maximum absolute atomic E-state index is 12.1. The Kier molecular flexibility index (Phi) is 5.87. The third-order valence-corrected chi connectivity index (χ3v) is 3.12. The molecule has 0 unspecified atom stereocenters. The van der Waals surface area contributed by atoms with Gasteiger partial charge in [-0.15, -0.1) is 0 Å². The van der Waals surface area contributed by atoms with Crippen LogP contribution in [-0.2, 0) is 9.59 Å². The second kappa shape index (κ2) is 7.89. The van der Waals surface area contributed by atoms with Crippen LogP contribution in [0.3, 0.4) is 0 Å². The smallest absolute Gasteiger partial charge is 0.471 e. The number of hydrogen-bond acceptors (Lipinski definition) is 3. The first-order valence-corrected chi connectivity index (χ1v) is 7.28. The third kappa shape index (κ3) is 6.00.